The van der Waals surface area contributed by atoms with Crippen molar-refractivity contribution >= 4 is 11.8 Å². The van der Waals surface area contributed by atoms with Crippen molar-refractivity contribution in [2.45, 2.75) is 50.8 Å². The maximum Gasteiger partial charge on any atom is 0.274 e. The number of carbonyl (C=O) groups is 2. The highest BCUT2D eigenvalue weighted by atomic mass is 19.1. The third-order valence-electron chi connectivity index (χ3n) is 8.01. The Morgan fingerprint density at radius 3 is 2.51 bits per heavy atom. The number of benzene rings is 2. The van der Waals surface area contributed by atoms with Crippen LogP contribution in [-0.2, 0) is 25.1 Å². The van der Waals surface area contributed by atoms with Crippen LogP contribution in [0.3, 0.4) is 0 Å². The van der Waals surface area contributed by atoms with Gasteiger partial charge in [0.15, 0.2) is 11.4 Å². The number of carbonyl (C=O) groups excluding carboxylic acids is 2. The first-order valence-electron chi connectivity index (χ1n) is 13.0. The molecule has 3 aromatic rings. The van der Waals surface area contributed by atoms with Gasteiger partial charge in [-0.1, -0.05) is 30.3 Å². The van der Waals surface area contributed by atoms with E-state index in [-0.39, 0.29) is 29.5 Å². The zero-order valence-electron chi connectivity index (χ0n) is 21.1. The average molecular weight is 538 g/mol. The molecule has 2 bridgehead atoms. The van der Waals surface area contributed by atoms with Crippen LogP contribution < -0.4 is 15.5 Å². The minimum atomic E-state index is -1.14. The molecule has 2 aromatic carbocycles. The molecule has 0 radical (unpaired) electrons. The molecule has 3 aliphatic heterocycles. The molecular formula is C29H26F3N3O4. The minimum Gasteiger partial charge on any atom is -0.483 e. The van der Waals surface area contributed by atoms with Gasteiger partial charge in [-0.25, -0.2) is 13.2 Å². The van der Waals surface area contributed by atoms with Crippen molar-refractivity contribution in [3.63, 3.8) is 0 Å². The van der Waals surface area contributed by atoms with E-state index in [9.17, 15) is 27.6 Å². The van der Waals surface area contributed by atoms with Crippen LogP contribution in [0.5, 0.6) is 5.75 Å². The summed E-state index contributed by atoms with van der Waals surface area (Å²) in [5.74, 6) is -4.70. The first kappa shape index (κ1) is 25.2. The molecule has 6 rings (SSSR count). The van der Waals surface area contributed by atoms with Gasteiger partial charge in [-0.15, -0.1) is 0 Å². The van der Waals surface area contributed by atoms with E-state index >= 15 is 0 Å². The van der Waals surface area contributed by atoms with E-state index in [0.717, 1.165) is 24.8 Å². The second kappa shape index (κ2) is 9.59. The number of hydrogen-bond acceptors (Lipinski definition) is 4. The first-order chi connectivity index (χ1) is 18.8. The molecule has 7 nitrogen and oxygen atoms in total. The van der Waals surface area contributed by atoms with Crippen LogP contribution in [0.4, 0.5) is 13.2 Å². The average Bonchev–Trinajstić information content (AvgIpc) is 3.14. The molecule has 1 N–H and O–H groups in total. The van der Waals surface area contributed by atoms with E-state index in [1.165, 1.54) is 0 Å². The van der Waals surface area contributed by atoms with Crippen molar-refractivity contribution in [2.75, 3.05) is 13.1 Å². The Kier molecular flexibility index (Phi) is 6.20. The van der Waals surface area contributed by atoms with E-state index < -0.39 is 46.4 Å². The highest BCUT2D eigenvalue weighted by Crippen LogP contribution is 2.45. The Morgan fingerprint density at radius 1 is 1.03 bits per heavy atom. The van der Waals surface area contributed by atoms with Gasteiger partial charge in [0.25, 0.3) is 11.8 Å². The molecule has 0 saturated carbocycles. The number of nitrogens with one attached hydrogen (secondary N) is 1. The van der Waals surface area contributed by atoms with Gasteiger partial charge in [0.05, 0.1) is 5.54 Å². The fraction of sp³-hybridized carbons (Fsp3) is 0.345. The van der Waals surface area contributed by atoms with E-state index in [1.54, 1.807) is 4.90 Å². The lowest BCUT2D eigenvalue weighted by Crippen LogP contribution is -2.52. The molecule has 202 valence electrons. The summed E-state index contributed by atoms with van der Waals surface area (Å²) < 4.78 is 49.6. The molecule has 4 heterocycles. The number of halogens is 3. The second-order valence-corrected chi connectivity index (χ2v) is 10.4. The molecule has 3 aliphatic rings. The van der Waals surface area contributed by atoms with Crippen LogP contribution in [-0.4, -0.2) is 34.4 Å². The third-order valence-corrected chi connectivity index (χ3v) is 8.01. The fourth-order valence-electron chi connectivity index (χ4n) is 6.19. The van der Waals surface area contributed by atoms with Crippen LogP contribution in [0.1, 0.15) is 63.4 Å². The van der Waals surface area contributed by atoms with E-state index in [2.05, 4.69) is 5.32 Å². The van der Waals surface area contributed by atoms with Crippen molar-refractivity contribution in [2.24, 2.45) is 0 Å². The van der Waals surface area contributed by atoms with Crippen LogP contribution in [0.25, 0.3) is 0 Å². The maximum absolute atomic E-state index is 14.2. The highest BCUT2D eigenvalue weighted by Gasteiger charge is 2.50. The van der Waals surface area contributed by atoms with Gasteiger partial charge in [-0.2, -0.15) is 0 Å². The van der Waals surface area contributed by atoms with E-state index in [1.807, 2.05) is 34.9 Å². The Bertz CT molecular complexity index is 1530. The molecule has 1 fully saturated rings. The number of nitrogens with zero attached hydrogens (tertiary/aromatic N) is 2. The van der Waals surface area contributed by atoms with Crippen LogP contribution in [0.2, 0.25) is 0 Å². The predicted molar refractivity (Wildman–Crippen MR) is 135 cm³/mol. The second-order valence-electron chi connectivity index (χ2n) is 10.4. The summed E-state index contributed by atoms with van der Waals surface area (Å²) in [6.07, 6.45) is 3.55. The molecule has 39 heavy (non-hydrogen) atoms. The normalized spacial score (nSPS) is 19.5. The van der Waals surface area contributed by atoms with Crippen molar-refractivity contribution in [3.8, 4) is 5.75 Å². The monoisotopic (exact) mass is 537 g/mol. The summed E-state index contributed by atoms with van der Waals surface area (Å²) in [6.45, 7) is 0.490. The number of pyridine rings is 1. The van der Waals surface area contributed by atoms with Gasteiger partial charge >= 0.3 is 0 Å². The zero-order chi connectivity index (χ0) is 27.3. The Hall–Kier alpha value is -4.08. The molecular weight excluding hydrogens is 511 g/mol. The number of fused-ring (bicyclic) bond motifs is 1. The Morgan fingerprint density at radius 2 is 1.77 bits per heavy atom. The molecule has 1 saturated heterocycles. The lowest BCUT2D eigenvalue weighted by atomic mass is 9.89. The molecule has 2 amide bonds. The summed E-state index contributed by atoms with van der Waals surface area (Å²) in [4.78, 5) is 42.8. The van der Waals surface area contributed by atoms with Crippen molar-refractivity contribution < 1.29 is 27.5 Å². The molecule has 0 aliphatic carbocycles. The standard InChI is InChI=1S/C29H26F3N3O4/c30-18-12-20(31)19(21(32)13-18)14-33-27(37)23-22-8-10-29-9-4-5-11-34(16-29)28(38)24(35(22)29)26(25(23)36)39-15-17-6-2-1-3-7-17/h1-3,6-7,12-13H,4-5,8-11,14-16H2,(H,33,37). The Balaban J connectivity index is 1.45. The number of ether oxygens (including phenoxy) is 1. The maximum atomic E-state index is 14.2. The predicted octanol–water partition coefficient (Wildman–Crippen LogP) is 4.06. The van der Waals surface area contributed by atoms with Gasteiger partial charge in [0.1, 0.15) is 29.6 Å². The van der Waals surface area contributed by atoms with E-state index in [4.69, 9.17) is 4.74 Å². The van der Waals surface area contributed by atoms with Gasteiger partial charge in [0.2, 0.25) is 5.43 Å². The van der Waals surface area contributed by atoms with Crippen molar-refractivity contribution in [1.29, 1.82) is 0 Å². The van der Waals surface area contributed by atoms with E-state index in [0.29, 0.717) is 43.8 Å². The van der Waals surface area contributed by atoms with Gasteiger partial charge in [-0.3, -0.25) is 14.4 Å². The molecule has 1 unspecified atom stereocenters. The number of aromatic nitrogens is 1. The van der Waals surface area contributed by atoms with Gasteiger partial charge in [-0.05, 0) is 37.7 Å². The smallest absolute Gasteiger partial charge is 0.274 e. The summed E-state index contributed by atoms with van der Waals surface area (Å²) >= 11 is 0. The van der Waals surface area contributed by atoms with Crippen molar-refractivity contribution in [3.05, 3.63) is 98.2 Å². The first-order valence-corrected chi connectivity index (χ1v) is 13.0. The van der Waals surface area contributed by atoms with Gasteiger partial charge in [0, 0.05) is 43.0 Å². The summed E-state index contributed by atoms with van der Waals surface area (Å²) in [6, 6.07) is 10.2. The highest BCUT2D eigenvalue weighted by molar-refractivity contribution is 6.00. The summed E-state index contributed by atoms with van der Waals surface area (Å²) in [5.41, 5.74) is -0.567. The quantitative estimate of drug-likeness (QED) is 0.515. The largest absolute Gasteiger partial charge is 0.483 e. The Labute approximate surface area is 222 Å². The fourth-order valence-corrected chi connectivity index (χ4v) is 6.19. The lowest BCUT2D eigenvalue weighted by Gasteiger charge is -2.42. The summed E-state index contributed by atoms with van der Waals surface area (Å²) in [7, 11) is 0. The zero-order valence-corrected chi connectivity index (χ0v) is 21.1. The minimum absolute atomic E-state index is 0.00969. The van der Waals surface area contributed by atoms with Crippen LogP contribution >= 0.6 is 0 Å². The molecule has 1 atom stereocenters. The van der Waals surface area contributed by atoms with Crippen LogP contribution in [0.15, 0.2) is 47.3 Å². The van der Waals surface area contributed by atoms with Crippen molar-refractivity contribution in [1.82, 2.24) is 14.8 Å². The molecule has 1 aromatic heterocycles. The topological polar surface area (TPSA) is 80.6 Å². The van der Waals surface area contributed by atoms with Crippen LogP contribution in [0, 0.1) is 17.5 Å². The van der Waals surface area contributed by atoms with Gasteiger partial charge < -0.3 is 19.5 Å². The lowest BCUT2D eigenvalue weighted by molar-refractivity contribution is 0.0580. The number of hydrogen-bond donors (Lipinski definition) is 1. The summed E-state index contributed by atoms with van der Waals surface area (Å²) in [5, 5.41) is 2.43. The number of rotatable bonds is 6. The molecule has 1 spiro atoms. The molecule has 10 heteroatoms. The third kappa shape index (κ3) is 4.18. The number of amides is 2. The SMILES string of the molecule is O=C(NCc1c(F)cc(F)cc1F)c1c2n3c(c(OCc4ccccc4)c1=O)C(=O)N1CCCCC3(CC2)C1.